The number of fused-ring (bicyclic) bond motifs is 2. The van der Waals surface area contributed by atoms with Gasteiger partial charge in [-0.1, -0.05) is 12.7 Å². The van der Waals surface area contributed by atoms with Crippen molar-refractivity contribution in [2.75, 3.05) is 13.7 Å². The van der Waals surface area contributed by atoms with Gasteiger partial charge in [0.25, 0.3) is 5.91 Å². The molecule has 1 amide bonds. The molecular weight excluding hydrogens is 368 g/mol. The highest BCUT2D eigenvalue weighted by Gasteiger charge is 2.51. The second kappa shape index (κ2) is 7.87. The number of benzene rings is 1. The van der Waals surface area contributed by atoms with Crippen molar-refractivity contribution in [1.82, 2.24) is 9.88 Å². The zero-order valence-corrected chi connectivity index (χ0v) is 16.6. The number of carbonyl (C=O) groups is 1. The second-order valence-corrected chi connectivity index (χ2v) is 7.72. The summed E-state index contributed by atoms with van der Waals surface area (Å²) in [5, 5.41) is 11.4. The highest BCUT2D eigenvalue weighted by atomic mass is 16.5. The van der Waals surface area contributed by atoms with Gasteiger partial charge in [-0.05, 0) is 49.2 Å². The van der Waals surface area contributed by atoms with Gasteiger partial charge in [0.15, 0.2) is 0 Å². The van der Waals surface area contributed by atoms with Crippen LogP contribution in [0, 0.1) is 0 Å². The SMILES string of the molecule is C=CCOc1ccc(C(=O)N2[C@H]3CC[C@H]2CC(O)(c2cccnc2OC)C3)cc1. The van der Waals surface area contributed by atoms with Crippen molar-refractivity contribution in [3.05, 3.63) is 66.4 Å². The lowest BCUT2D eigenvalue weighted by molar-refractivity contribution is -0.0494. The maximum atomic E-state index is 13.2. The summed E-state index contributed by atoms with van der Waals surface area (Å²) in [6.07, 6.45) is 6.09. The first-order valence-corrected chi connectivity index (χ1v) is 9.94. The van der Waals surface area contributed by atoms with Crippen LogP contribution in [-0.4, -0.2) is 46.7 Å². The largest absolute Gasteiger partial charge is 0.490 e. The maximum Gasteiger partial charge on any atom is 0.254 e. The monoisotopic (exact) mass is 394 g/mol. The molecule has 0 unspecified atom stereocenters. The van der Waals surface area contributed by atoms with Crippen molar-refractivity contribution in [3.63, 3.8) is 0 Å². The number of rotatable bonds is 6. The zero-order chi connectivity index (χ0) is 20.4. The third kappa shape index (κ3) is 3.60. The molecule has 2 aromatic rings. The minimum Gasteiger partial charge on any atom is -0.490 e. The van der Waals surface area contributed by atoms with Gasteiger partial charge in [-0.25, -0.2) is 4.98 Å². The van der Waals surface area contributed by atoms with E-state index < -0.39 is 5.60 Å². The summed E-state index contributed by atoms with van der Waals surface area (Å²) in [7, 11) is 1.56. The van der Waals surface area contributed by atoms with Crippen molar-refractivity contribution in [1.29, 1.82) is 0 Å². The molecule has 0 aliphatic carbocycles. The summed E-state index contributed by atoms with van der Waals surface area (Å²) in [6, 6.07) is 10.9. The summed E-state index contributed by atoms with van der Waals surface area (Å²) in [4.78, 5) is 19.4. The van der Waals surface area contributed by atoms with Gasteiger partial charge < -0.3 is 19.5 Å². The number of piperidine rings is 1. The van der Waals surface area contributed by atoms with Gasteiger partial charge in [0.1, 0.15) is 12.4 Å². The molecular formula is C23H26N2O4. The minimum atomic E-state index is -1.04. The van der Waals surface area contributed by atoms with Crippen LogP contribution < -0.4 is 9.47 Å². The molecule has 1 aromatic carbocycles. The zero-order valence-electron chi connectivity index (χ0n) is 16.6. The third-order valence-corrected chi connectivity index (χ3v) is 5.94. The van der Waals surface area contributed by atoms with Crippen LogP contribution in [0.15, 0.2) is 55.3 Å². The predicted molar refractivity (Wildman–Crippen MR) is 109 cm³/mol. The van der Waals surface area contributed by atoms with Crippen molar-refractivity contribution in [2.24, 2.45) is 0 Å². The quantitative estimate of drug-likeness (QED) is 0.761. The smallest absolute Gasteiger partial charge is 0.254 e. The Hall–Kier alpha value is -2.86. The summed E-state index contributed by atoms with van der Waals surface area (Å²) < 4.78 is 10.9. The first kappa shape index (κ1) is 19.5. The van der Waals surface area contributed by atoms with Gasteiger partial charge >= 0.3 is 0 Å². The van der Waals surface area contributed by atoms with Crippen LogP contribution in [0.2, 0.25) is 0 Å². The fourth-order valence-corrected chi connectivity index (χ4v) is 4.68. The normalized spacial score (nSPS) is 25.5. The maximum absolute atomic E-state index is 13.2. The van der Waals surface area contributed by atoms with E-state index in [0.29, 0.717) is 42.2 Å². The Balaban J connectivity index is 1.53. The summed E-state index contributed by atoms with van der Waals surface area (Å²) in [5.41, 5.74) is 0.303. The molecule has 4 rings (SSSR count). The minimum absolute atomic E-state index is 0.00662. The standard InChI is InChI=1S/C23H26N2O4/c1-3-13-29-19-10-6-16(7-11-19)22(26)25-17-8-9-18(25)15-23(27,14-17)20-5-4-12-24-21(20)28-2/h3-7,10-12,17-18,27H,1,8-9,13-15H2,2H3/t17-,18-/m0/s1. The number of ether oxygens (including phenoxy) is 2. The Bertz CT molecular complexity index is 882. The van der Waals surface area contributed by atoms with Gasteiger partial charge in [0, 0.05) is 42.2 Å². The van der Waals surface area contributed by atoms with Gasteiger partial charge in [0.2, 0.25) is 5.88 Å². The van der Waals surface area contributed by atoms with E-state index in [1.807, 2.05) is 17.0 Å². The number of hydrogen-bond donors (Lipinski definition) is 1. The Kier molecular flexibility index (Phi) is 5.28. The Labute approximate surface area is 170 Å². The van der Waals surface area contributed by atoms with Gasteiger partial charge in [-0.15, -0.1) is 0 Å². The van der Waals surface area contributed by atoms with E-state index in [1.165, 1.54) is 0 Å². The van der Waals surface area contributed by atoms with Gasteiger partial charge in [-0.3, -0.25) is 4.79 Å². The average Bonchev–Trinajstić information content (AvgIpc) is 3.03. The molecule has 2 atom stereocenters. The molecule has 6 nitrogen and oxygen atoms in total. The molecule has 0 radical (unpaired) electrons. The first-order chi connectivity index (χ1) is 14.1. The number of amides is 1. The third-order valence-electron chi connectivity index (χ3n) is 5.94. The number of pyridine rings is 1. The predicted octanol–water partition coefficient (Wildman–Crippen LogP) is 3.31. The van der Waals surface area contributed by atoms with Crippen LogP contribution in [0.4, 0.5) is 0 Å². The van der Waals surface area contributed by atoms with E-state index in [-0.39, 0.29) is 18.0 Å². The van der Waals surface area contributed by atoms with Gasteiger partial charge in [0.05, 0.1) is 12.7 Å². The van der Waals surface area contributed by atoms with E-state index in [9.17, 15) is 9.90 Å². The molecule has 29 heavy (non-hydrogen) atoms. The second-order valence-electron chi connectivity index (χ2n) is 7.72. The number of nitrogens with zero attached hydrogens (tertiary/aromatic N) is 2. The lowest BCUT2D eigenvalue weighted by Crippen LogP contribution is -2.52. The molecule has 2 fully saturated rings. The topological polar surface area (TPSA) is 71.9 Å². The highest BCUT2D eigenvalue weighted by molar-refractivity contribution is 5.95. The number of aromatic nitrogens is 1. The molecule has 3 heterocycles. The molecule has 1 N–H and O–H groups in total. The fourth-order valence-electron chi connectivity index (χ4n) is 4.68. The number of hydrogen-bond acceptors (Lipinski definition) is 5. The van der Waals surface area contributed by atoms with E-state index in [0.717, 1.165) is 12.8 Å². The van der Waals surface area contributed by atoms with E-state index in [2.05, 4.69) is 11.6 Å². The van der Waals surface area contributed by atoms with Crippen LogP contribution in [0.1, 0.15) is 41.6 Å². The number of carbonyl (C=O) groups excluding carboxylic acids is 1. The van der Waals surface area contributed by atoms with Crippen molar-refractivity contribution in [2.45, 2.75) is 43.4 Å². The Morgan fingerprint density at radius 2 is 1.97 bits per heavy atom. The molecule has 152 valence electrons. The van der Waals surface area contributed by atoms with E-state index in [1.54, 1.807) is 43.6 Å². The average molecular weight is 394 g/mol. The fraction of sp³-hybridized carbons (Fsp3) is 0.391. The Morgan fingerprint density at radius 1 is 1.28 bits per heavy atom. The van der Waals surface area contributed by atoms with E-state index in [4.69, 9.17) is 9.47 Å². The molecule has 0 saturated carbocycles. The van der Waals surface area contributed by atoms with Crippen molar-refractivity contribution in [3.8, 4) is 11.6 Å². The molecule has 6 heteroatoms. The number of methoxy groups -OCH3 is 1. The van der Waals surface area contributed by atoms with Crippen LogP contribution >= 0.6 is 0 Å². The Morgan fingerprint density at radius 3 is 2.59 bits per heavy atom. The van der Waals surface area contributed by atoms with Crippen LogP contribution in [0.5, 0.6) is 11.6 Å². The molecule has 2 saturated heterocycles. The number of aliphatic hydroxyl groups is 1. The lowest BCUT2D eigenvalue weighted by atomic mass is 9.80. The molecule has 1 aromatic heterocycles. The molecule has 2 bridgehead atoms. The van der Waals surface area contributed by atoms with Crippen molar-refractivity contribution < 1.29 is 19.4 Å². The summed E-state index contributed by atoms with van der Waals surface area (Å²) >= 11 is 0. The first-order valence-electron chi connectivity index (χ1n) is 9.94. The lowest BCUT2D eigenvalue weighted by Gasteiger charge is -2.44. The highest BCUT2D eigenvalue weighted by Crippen LogP contribution is 2.47. The van der Waals surface area contributed by atoms with Crippen LogP contribution in [0.3, 0.4) is 0 Å². The summed E-state index contributed by atoms with van der Waals surface area (Å²) in [5.74, 6) is 1.17. The van der Waals surface area contributed by atoms with Crippen LogP contribution in [-0.2, 0) is 5.60 Å². The van der Waals surface area contributed by atoms with E-state index >= 15 is 0 Å². The molecule has 0 spiro atoms. The molecule has 2 aliphatic heterocycles. The van der Waals surface area contributed by atoms with Gasteiger partial charge in [-0.2, -0.15) is 0 Å². The van der Waals surface area contributed by atoms with Crippen molar-refractivity contribution >= 4 is 5.91 Å². The summed E-state index contributed by atoms with van der Waals surface area (Å²) in [6.45, 7) is 4.06. The molecule has 2 aliphatic rings. The van der Waals surface area contributed by atoms with Crippen LogP contribution in [0.25, 0.3) is 0 Å².